The molecular formula is C19H29N3OS. The van der Waals surface area contributed by atoms with Crippen molar-refractivity contribution in [1.82, 2.24) is 15.1 Å². The second kappa shape index (κ2) is 7.14. The number of nitrogens with one attached hydrogen (secondary N) is 1. The molecule has 4 heterocycles. The summed E-state index contributed by atoms with van der Waals surface area (Å²) in [7, 11) is 2.21. The molecule has 24 heavy (non-hydrogen) atoms. The molecule has 1 amide bonds. The van der Waals surface area contributed by atoms with E-state index in [9.17, 15) is 4.79 Å². The van der Waals surface area contributed by atoms with Crippen molar-refractivity contribution in [2.45, 2.75) is 38.1 Å². The van der Waals surface area contributed by atoms with E-state index in [1.165, 1.54) is 23.3 Å². The minimum absolute atomic E-state index is 0.238. The van der Waals surface area contributed by atoms with Crippen LogP contribution in [0.3, 0.4) is 0 Å². The smallest absolute Gasteiger partial charge is 0.226 e. The zero-order valence-electron chi connectivity index (χ0n) is 14.7. The van der Waals surface area contributed by atoms with Gasteiger partial charge in [-0.25, -0.2) is 0 Å². The van der Waals surface area contributed by atoms with Crippen molar-refractivity contribution in [3.05, 3.63) is 21.9 Å². The van der Waals surface area contributed by atoms with Crippen LogP contribution in [-0.4, -0.2) is 55.5 Å². The number of carbonyl (C=O) groups is 1. The van der Waals surface area contributed by atoms with Gasteiger partial charge in [-0.1, -0.05) is 0 Å². The molecule has 3 aliphatic rings. The van der Waals surface area contributed by atoms with Crippen molar-refractivity contribution in [2.24, 2.45) is 11.8 Å². The average Bonchev–Trinajstić information content (AvgIpc) is 3.10. The molecular weight excluding hydrogens is 318 g/mol. The lowest BCUT2D eigenvalue weighted by Crippen LogP contribution is -2.48. The molecule has 1 unspecified atom stereocenters. The topological polar surface area (TPSA) is 35.6 Å². The Morgan fingerprint density at radius 2 is 1.92 bits per heavy atom. The third kappa shape index (κ3) is 3.14. The maximum Gasteiger partial charge on any atom is 0.226 e. The highest BCUT2D eigenvalue weighted by molar-refractivity contribution is 7.10. The van der Waals surface area contributed by atoms with Gasteiger partial charge in [0.1, 0.15) is 0 Å². The Hall–Kier alpha value is -0.910. The van der Waals surface area contributed by atoms with Crippen LogP contribution >= 0.6 is 11.3 Å². The monoisotopic (exact) mass is 347 g/mol. The molecule has 0 aromatic carbocycles. The SMILES string of the molecule is CN1CCC(C2c3sccc3CCN2C(=O)C2CCNCC2)CC1. The summed E-state index contributed by atoms with van der Waals surface area (Å²) in [5.74, 6) is 1.30. The molecule has 0 bridgehead atoms. The van der Waals surface area contributed by atoms with Gasteiger partial charge in [-0.05, 0) is 88.3 Å². The molecule has 0 spiro atoms. The van der Waals surface area contributed by atoms with Crippen molar-refractivity contribution >= 4 is 17.2 Å². The fourth-order valence-electron chi connectivity index (χ4n) is 4.70. The third-order valence-electron chi connectivity index (χ3n) is 6.19. The number of likely N-dealkylation sites (tertiary alicyclic amines) is 1. The molecule has 2 saturated heterocycles. The number of rotatable bonds is 2. The first-order chi connectivity index (χ1) is 11.7. The summed E-state index contributed by atoms with van der Waals surface area (Å²) in [4.78, 5) is 19.5. The van der Waals surface area contributed by atoms with Crippen LogP contribution in [0.15, 0.2) is 11.4 Å². The summed E-state index contributed by atoms with van der Waals surface area (Å²) < 4.78 is 0. The zero-order chi connectivity index (χ0) is 16.5. The Labute approximate surface area is 149 Å². The van der Waals surface area contributed by atoms with Crippen LogP contribution in [0.5, 0.6) is 0 Å². The van der Waals surface area contributed by atoms with Crippen molar-refractivity contribution in [2.75, 3.05) is 39.8 Å². The van der Waals surface area contributed by atoms with Crippen LogP contribution in [0, 0.1) is 11.8 Å². The normalized spacial score (nSPS) is 27.2. The van der Waals surface area contributed by atoms with E-state index < -0.39 is 0 Å². The number of amides is 1. The quantitative estimate of drug-likeness (QED) is 0.893. The Morgan fingerprint density at radius 1 is 1.17 bits per heavy atom. The Morgan fingerprint density at radius 3 is 2.67 bits per heavy atom. The van der Waals surface area contributed by atoms with E-state index in [4.69, 9.17) is 0 Å². The number of hydrogen-bond acceptors (Lipinski definition) is 4. The molecule has 1 aromatic heterocycles. The molecule has 0 saturated carbocycles. The molecule has 1 N–H and O–H groups in total. The largest absolute Gasteiger partial charge is 0.334 e. The van der Waals surface area contributed by atoms with Crippen molar-refractivity contribution < 1.29 is 4.79 Å². The number of hydrogen-bond donors (Lipinski definition) is 1. The van der Waals surface area contributed by atoms with Crippen LogP contribution in [0.4, 0.5) is 0 Å². The lowest BCUT2D eigenvalue weighted by atomic mass is 9.83. The summed E-state index contributed by atoms with van der Waals surface area (Å²) >= 11 is 1.88. The highest BCUT2D eigenvalue weighted by Crippen LogP contribution is 2.43. The van der Waals surface area contributed by atoms with Gasteiger partial charge in [0, 0.05) is 17.3 Å². The summed E-state index contributed by atoms with van der Waals surface area (Å²) in [6.07, 6.45) is 5.49. The van der Waals surface area contributed by atoms with Gasteiger partial charge in [-0.2, -0.15) is 0 Å². The molecule has 0 radical (unpaired) electrons. The van der Waals surface area contributed by atoms with E-state index in [0.717, 1.165) is 52.0 Å². The van der Waals surface area contributed by atoms with Crippen LogP contribution in [0.1, 0.15) is 42.2 Å². The Bertz CT molecular complexity index is 573. The summed E-state index contributed by atoms with van der Waals surface area (Å²) in [6.45, 7) is 5.23. The number of thiophene rings is 1. The van der Waals surface area contributed by atoms with E-state index in [1.54, 1.807) is 0 Å². The highest BCUT2D eigenvalue weighted by Gasteiger charge is 2.40. The lowest BCUT2D eigenvalue weighted by molar-refractivity contribution is -0.141. The first-order valence-electron chi connectivity index (χ1n) is 9.50. The highest BCUT2D eigenvalue weighted by atomic mass is 32.1. The van der Waals surface area contributed by atoms with E-state index >= 15 is 0 Å². The number of piperidine rings is 2. The van der Waals surface area contributed by atoms with Gasteiger partial charge in [0.15, 0.2) is 0 Å². The van der Waals surface area contributed by atoms with Gasteiger partial charge in [-0.15, -0.1) is 11.3 Å². The van der Waals surface area contributed by atoms with E-state index in [2.05, 4.69) is 33.6 Å². The predicted octanol–water partition coefficient (Wildman–Crippen LogP) is 2.52. The average molecular weight is 348 g/mol. The number of carbonyl (C=O) groups excluding carboxylic acids is 1. The maximum atomic E-state index is 13.3. The molecule has 0 aliphatic carbocycles. The molecule has 5 heteroatoms. The van der Waals surface area contributed by atoms with Crippen molar-refractivity contribution in [1.29, 1.82) is 0 Å². The minimum Gasteiger partial charge on any atom is -0.334 e. The summed E-state index contributed by atoms with van der Waals surface area (Å²) in [6, 6.07) is 2.62. The van der Waals surface area contributed by atoms with Crippen LogP contribution in [-0.2, 0) is 11.2 Å². The Kier molecular flexibility index (Phi) is 4.93. The first-order valence-corrected chi connectivity index (χ1v) is 10.4. The first kappa shape index (κ1) is 16.6. The van der Waals surface area contributed by atoms with Gasteiger partial charge in [0.25, 0.3) is 0 Å². The van der Waals surface area contributed by atoms with Gasteiger partial charge >= 0.3 is 0 Å². The fraction of sp³-hybridized carbons (Fsp3) is 0.737. The van der Waals surface area contributed by atoms with Crippen LogP contribution in [0.2, 0.25) is 0 Å². The summed E-state index contributed by atoms with van der Waals surface area (Å²) in [5, 5.41) is 5.62. The zero-order valence-corrected chi connectivity index (χ0v) is 15.5. The third-order valence-corrected chi connectivity index (χ3v) is 7.22. The van der Waals surface area contributed by atoms with Crippen molar-refractivity contribution in [3.63, 3.8) is 0 Å². The molecule has 3 aliphatic heterocycles. The second-order valence-corrected chi connectivity index (χ2v) is 8.65. The number of fused-ring (bicyclic) bond motifs is 1. The van der Waals surface area contributed by atoms with Gasteiger partial charge in [-0.3, -0.25) is 4.79 Å². The minimum atomic E-state index is 0.238. The lowest BCUT2D eigenvalue weighted by Gasteiger charge is -2.44. The molecule has 2 fully saturated rings. The van der Waals surface area contributed by atoms with Gasteiger partial charge < -0.3 is 15.1 Å². The van der Waals surface area contributed by atoms with E-state index in [-0.39, 0.29) is 5.92 Å². The fourth-order valence-corrected chi connectivity index (χ4v) is 5.86. The van der Waals surface area contributed by atoms with Gasteiger partial charge in [0.2, 0.25) is 5.91 Å². The molecule has 132 valence electrons. The molecule has 4 nitrogen and oxygen atoms in total. The van der Waals surface area contributed by atoms with E-state index in [1.807, 2.05) is 11.3 Å². The van der Waals surface area contributed by atoms with Crippen LogP contribution in [0.25, 0.3) is 0 Å². The van der Waals surface area contributed by atoms with Crippen LogP contribution < -0.4 is 5.32 Å². The molecule has 4 rings (SSSR count). The van der Waals surface area contributed by atoms with Gasteiger partial charge in [0.05, 0.1) is 6.04 Å². The predicted molar refractivity (Wildman–Crippen MR) is 98.3 cm³/mol. The van der Waals surface area contributed by atoms with E-state index in [0.29, 0.717) is 17.9 Å². The van der Waals surface area contributed by atoms with Crippen molar-refractivity contribution in [3.8, 4) is 0 Å². The number of nitrogens with zero attached hydrogens (tertiary/aromatic N) is 2. The molecule has 1 aromatic rings. The Balaban J connectivity index is 1.58. The maximum absolute atomic E-state index is 13.3. The summed E-state index contributed by atoms with van der Waals surface area (Å²) in [5.41, 5.74) is 1.50. The standard InChI is InChI=1S/C19H29N3OS/c1-21-10-4-14(5-11-21)17-18-15(7-13-24-18)6-12-22(17)19(23)16-2-8-20-9-3-16/h7,13-14,16-17,20H,2-6,8-12H2,1H3. The molecule has 1 atom stereocenters. The second-order valence-electron chi connectivity index (χ2n) is 7.70.